The van der Waals surface area contributed by atoms with Crippen LogP contribution in [0.25, 0.3) is 0 Å². The average molecular weight is 261 g/mol. The van der Waals surface area contributed by atoms with Crippen molar-refractivity contribution in [1.29, 1.82) is 0 Å². The minimum Gasteiger partial charge on any atom is -0.465 e. The molecule has 0 aromatic rings. The first-order valence-corrected chi connectivity index (χ1v) is 6.57. The highest BCUT2D eigenvalue weighted by atomic mass is 32.2. The van der Waals surface area contributed by atoms with Gasteiger partial charge in [0.15, 0.2) is 0 Å². The van der Waals surface area contributed by atoms with Gasteiger partial charge in [0.1, 0.15) is 11.3 Å². The molecule has 17 heavy (non-hydrogen) atoms. The van der Waals surface area contributed by atoms with Gasteiger partial charge in [0, 0.05) is 6.42 Å². The molecule has 0 aromatic carbocycles. The van der Waals surface area contributed by atoms with E-state index in [0.717, 1.165) is 0 Å². The molecular formula is C11H19NO4S. The van der Waals surface area contributed by atoms with E-state index in [-0.39, 0.29) is 5.71 Å². The number of rotatable bonds is 4. The summed E-state index contributed by atoms with van der Waals surface area (Å²) in [6.45, 7) is 5.21. The van der Waals surface area contributed by atoms with Gasteiger partial charge in [-0.25, -0.2) is 9.59 Å². The molecule has 1 amide bonds. The number of nitrogens with zero attached hydrogens (tertiary/aromatic N) is 1. The summed E-state index contributed by atoms with van der Waals surface area (Å²) in [7, 11) is 1.26. The topological polar surface area (TPSA) is 65.0 Å². The molecule has 0 aliphatic carbocycles. The maximum Gasteiger partial charge on any atom is 0.434 e. The molecule has 0 radical (unpaired) electrons. The van der Waals surface area contributed by atoms with Crippen LogP contribution in [0.4, 0.5) is 4.79 Å². The molecule has 0 saturated heterocycles. The number of carbonyl (C=O) groups excluding carboxylic acids is 2. The summed E-state index contributed by atoms with van der Waals surface area (Å²) in [5, 5.41) is 0. The molecule has 0 aliphatic rings. The van der Waals surface area contributed by atoms with E-state index in [4.69, 9.17) is 4.74 Å². The molecular weight excluding hydrogens is 242 g/mol. The summed E-state index contributed by atoms with van der Waals surface area (Å²) in [5.41, 5.74) is -0.530. The van der Waals surface area contributed by atoms with Crippen LogP contribution in [0.15, 0.2) is 4.99 Å². The number of ether oxygens (including phenoxy) is 2. The lowest BCUT2D eigenvalue weighted by Crippen LogP contribution is -2.24. The third-order valence-electron chi connectivity index (χ3n) is 1.58. The predicted molar refractivity (Wildman–Crippen MR) is 68.7 cm³/mol. The zero-order chi connectivity index (χ0) is 13.5. The maximum absolute atomic E-state index is 11.4. The van der Waals surface area contributed by atoms with Gasteiger partial charge in [-0.1, -0.05) is 0 Å². The van der Waals surface area contributed by atoms with Gasteiger partial charge in [-0.05, 0) is 32.8 Å². The van der Waals surface area contributed by atoms with Crippen LogP contribution in [-0.2, 0) is 14.3 Å². The molecule has 6 heteroatoms. The van der Waals surface area contributed by atoms with Gasteiger partial charge in [0.2, 0.25) is 0 Å². The van der Waals surface area contributed by atoms with Crippen molar-refractivity contribution in [2.24, 2.45) is 4.99 Å². The Morgan fingerprint density at radius 2 is 1.88 bits per heavy atom. The van der Waals surface area contributed by atoms with E-state index in [2.05, 4.69) is 9.73 Å². The molecule has 98 valence electrons. The fraction of sp³-hybridized carbons (Fsp3) is 0.727. The van der Waals surface area contributed by atoms with Gasteiger partial charge in [0.05, 0.1) is 7.11 Å². The second-order valence-corrected chi connectivity index (χ2v) is 5.26. The molecule has 0 aliphatic heterocycles. The van der Waals surface area contributed by atoms with E-state index in [1.54, 1.807) is 32.5 Å². The molecule has 0 atom stereocenters. The van der Waals surface area contributed by atoms with Gasteiger partial charge in [0.25, 0.3) is 0 Å². The van der Waals surface area contributed by atoms with Crippen molar-refractivity contribution in [3.63, 3.8) is 0 Å². The fourth-order valence-corrected chi connectivity index (χ4v) is 1.31. The third-order valence-corrected chi connectivity index (χ3v) is 2.20. The first kappa shape index (κ1) is 16.0. The van der Waals surface area contributed by atoms with Crippen molar-refractivity contribution in [3.05, 3.63) is 0 Å². The van der Waals surface area contributed by atoms with E-state index >= 15 is 0 Å². The van der Waals surface area contributed by atoms with Crippen LogP contribution in [-0.4, -0.2) is 42.5 Å². The largest absolute Gasteiger partial charge is 0.465 e. The van der Waals surface area contributed by atoms with Crippen molar-refractivity contribution in [2.45, 2.75) is 32.8 Å². The average Bonchev–Trinajstić information content (AvgIpc) is 2.20. The first-order valence-electron chi connectivity index (χ1n) is 5.18. The Balaban J connectivity index is 4.67. The lowest BCUT2D eigenvalue weighted by atomic mass is 10.2. The van der Waals surface area contributed by atoms with Crippen molar-refractivity contribution >= 4 is 29.5 Å². The lowest BCUT2D eigenvalue weighted by Gasteiger charge is -2.17. The first-order chi connectivity index (χ1) is 7.80. The van der Waals surface area contributed by atoms with Gasteiger partial charge in [-0.3, -0.25) is 0 Å². The smallest absolute Gasteiger partial charge is 0.434 e. The van der Waals surface area contributed by atoms with Crippen LogP contribution in [0.3, 0.4) is 0 Å². The van der Waals surface area contributed by atoms with Crippen molar-refractivity contribution in [1.82, 2.24) is 0 Å². The van der Waals surface area contributed by atoms with E-state index in [1.807, 2.05) is 6.26 Å². The minimum absolute atomic E-state index is 0.0936. The third kappa shape index (κ3) is 7.79. The molecule has 0 saturated carbocycles. The minimum atomic E-state index is -0.765. The summed E-state index contributed by atoms with van der Waals surface area (Å²) < 4.78 is 9.56. The number of hydrogen-bond donors (Lipinski definition) is 0. The highest BCUT2D eigenvalue weighted by Gasteiger charge is 2.19. The molecule has 0 heterocycles. The summed E-state index contributed by atoms with van der Waals surface area (Å²) >= 11 is 1.56. The number of hydrogen-bond acceptors (Lipinski definition) is 5. The fourth-order valence-electron chi connectivity index (χ4n) is 0.915. The Morgan fingerprint density at radius 1 is 1.29 bits per heavy atom. The number of thioether (sulfide) groups is 1. The molecule has 0 spiro atoms. The Bertz CT molecular complexity index is 307. The zero-order valence-corrected chi connectivity index (χ0v) is 11.7. The van der Waals surface area contributed by atoms with E-state index < -0.39 is 17.7 Å². The van der Waals surface area contributed by atoms with Crippen LogP contribution < -0.4 is 0 Å². The second-order valence-electron chi connectivity index (χ2n) is 4.27. The maximum atomic E-state index is 11.4. The highest BCUT2D eigenvalue weighted by Crippen LogP contribution is 2.09. The summed E-state index contributed by atoms with van der Waals surface area (Å²) in [6, 6.07) is 0. The number of aliphatic imine (C=N–C) groups is 1. The SMILES string of the molecule is COC(=O)/C(CCSC)=N\C(=O)OC(C)(C)C. The Labute approximate surface area is 106 Å². The normalized spacial score (nSPS) is 12.2. The Kier molecular flexibility index (Phi) is 6.87. The summed E-state index contributed by atoms with van der Waals surface area (Å²) in [6.07, 6.45) is 1.52. The van der Waals surface area contributed by atoms with Crippen LogP contribution in [0.1, 0.15) is 27.2 Å². The van der Waals surface area contributed by atoms with Crippen LogP contribution in [0, 0.1) is 0 Å². The van der Waals surface area contributed by atoms with Crippen molar-refractivity contribution < 1.29 is 19.1 Å². The van der Waals surface area contributed by atoms with Crippen LogP contribution in [0.5, 0.6) is 0 Å². The van der Waals surface area contributed by atoms with Crippen molar-refractivity contribution in [3.8, 4) is 0 Å². The predicted octanol–water partition coefficient (Wildman–Crippen LogP) is 2.29. The van der Waals surface area contributed by atoms with Gasteiger partial charge in [-0.15, -0.1) is 0 Å². The quantitative estimate of drug-likeness (QED) is 0.574. The van der Waals surface area contributed by atoms with Crippen LogP contribution in [0.2, 0.25) is 0 Å². The standard InChI is InChI=1S/C11H19NO4S/c1-11(2,3)16-10(14)12-8(6-7-17-5)9(13)15-4/h6-7H2,1-5H3/b12-8-. The Hall–Kier alpha value is -1.04. The summed E-state index contributed by atoms with van der Waals surface area (Å²) in [5.74, 6) is 0.0985. The second kappa shape index (κ2) is 7.32. The highest BCUT2D eigenvalue weighted by molar-refractivity contribution is 7.98. The van der Waals surface area contributed by atoms with E-state index in [1.165, 1.54) is 7.11 Å². The lowest BCUT2D eigenvalue weighted by molar-refractivity contribution is -0.132. The molecule has 0 aromatic heterocycles. The molecule has 0 bridgehead atoms. The molecule has 0 rings (SSSR count). The van der Waals surface area contributed by atoms with Gasteiger partial charge < -0.3 is 9.47 Å². The van der Waals surface area contributed by atoms with E-state index in [0.29, 0.717) is 12.2 Å². The zero-order valence-electron chi connectivity index (χ0n) is 10.9. The molecule has 0 N–H and O–H groups in total. The molecule has 0 fully saturated rings. The van der Waals surface area contributed by atoms with Gasteiger partial charge in [-0.2, -0.15) is 16.8 Å². The van der Waals surface area contributed by atoms with Crippen molar-refractivity contribution in [2.75, 3.05) is 19.1 Å². The number of esters is 1. The monoisotopic (exact) mass is 261 g/mol. The molecule has 0 unspecified atom stereocenters. The number of methoxy groups -OCH3 is 1. The molecule has 5 nitrogen and oxygen atoms in total. The van der Waals surface area contributed by atoms with Crippen LogP contribution >= 0.6 is 11.8 Å². The van der Waals surface area contributed by atoms with Gasteiger partial charge >= 0.3 is 12.1 Å². The number of amides is 1. The van der Waals surface area contributed by atoms with E-state index in [9.17, 15) is 9.59 Å². The number of carbonyl (C=O) groups is 2. The Morgan fingerprint density at radius 3 is 2.29 bits per heavy atom. The summed E-state index contributed by atoms with van der Waals surface area (Å²) in [4.78, 5) is 26.4.